The predicted octanol–water partition coefficient (Wildman–Crippen LogP) is 1.84. The normalized spacial score (nSPS) is 12.6. The summed E-state index contributed by atoms with van der Waals surface area (Å²) >= 11 is 0. The van der Waals surface area contributed by atoms with E-state index in [0.29, 0.717) is 12.0 Å². The lowest BCUT2D eigenvalue weighted by atomic mass is 10.1. The van der Waals surface area contributed by atoms with Crippen LogP contribution in [0, 0.1) is 5.92 Å². The molecule has 0 heterocycles. The Balaban J connectivity index is 4.52. The minimum absolute atomic E-state index is 0.229. The maximum absolute atomic E-state index is 8.68. The first-order valence-electron chi connectivity index (χ1n) is 5.30. The van der Waals surface area contributed by atoms with Crippen molar-refractivity contribution in [3.63, 3.8) is 0 Å². The molecule has 0 saturated carbocycles. The maximum atomic E-state index is 8.68. The molecule has 0 aliphatic carbocycles. The molecule has 0 aliphatic rings. The average molecular weight is 201 g/mol. The van der Waals surface area contributed by atoms with Gasteiger partial charge in [-0.15, -0.1) is 0 Å². The molecule has 0 spiro atoms. The summed E-state index contributed by atoms with van der Waals surface area (Å²) in [6.07, 6.45) is 2.03. The minimum atomic E-state index is 0.229. The molecule has 0 aromatic carbocycles. The third-order valence-corrected chi connectivity index (χ3v) is 2.34. The van der Waals surface area contributed by atoms with E-state index >= 15 is 0 Å². The van der Waals surface area contributed by atoms with E-state index in [9.17, 15) is 0 Å². The largest absolute Gasteiger partial charge is 0.408 e. The van der Waals surface area contributed by atoms with Gasteiger partial charge in [-0.2, -0.15) is 0 Å². The van der Waals surface area contributed by atoms with E-state index in [4.69, 9.17) is 10.9 Å². The first-order chi connectivity index (χ1) is 6.56. The molecule has 14 heavy (non-hydrogen) atoms. The first kappa shape index (κ1) is 13.1. The van der Waals surface area contributed by atoms with Gasteiger partial charge in [0.1, 0.15) is 0 Å². The van der Waals surface area contributed by atoms with Crippen molar-refractivity contribution in [3.8, 4) is 0 Å². The van der Waals surface area contributed by atoms with E-state index in [1.807, 2.05) is 4.90 Å². The van der Waals surface area contributed by atoms with Crippen molar-refractivity contribution in [1.29, 1.82) is 0 Å². The van der Waals surface area contributed by atoms with Crippen molar-refractivity contribution >= 4 is 5.96 Å². The van der Waals surface area contributed by atoms with Crippen molar-refractivity contribution in [2.75, 3.05) is 6.54 Å². The van der Waals surface area contributed by atoms with Crippen molar-refractivity contribution in [2.24, 2.45) is 16.8 Å². The Hall–Kier alpha value is -0.930. The van der Waals surface area contributed by atoms with Crippen LogP contribution < -0.4 is 5.73 Å². The summed E-state index contributed by atoms with van der Waals surface area (Å²) in [6, 6.07) is 0.369. The topological polar surface area (TPSA) is 61.8 Å². The third-order valence-electron chi connectivity index (χ3n) is 2.34. The molecule has 4 heteroatoms. The second-order valence-corrected chi connectivity index (χ2v) is 3.97. The smallest absolute Gasteiger partial charge is 0.233 e. The average Bonchev–Trinajstić information content (AvgIpc) is 2.16. The zero-order valence-electron chi connectivity index (χ0n) is 9.70. The van der Waals surface area contributed by atoms with Crippen LogP contribution in [0.1, 0.15) is 40.5 Å². The molecule has 0 unspecified atom stereocenters. The van der Waals surface area contributed by atoms with Crippen LogP contribution in [0.5, 0.6) is 0 Å². The van der Waals surface area contributed by atoms with Crippen molar-refractivity contribution < 1.29 is 5.21 Å². The van der Waals surface area contributed by atoms with Gasteiger partial charge in [0.2, 0.25) is 5.96 Å². The molecule has 0 bridgehead atoms. The molecule has 0 amide bonds. The maximum Gasteiger partial charge on any atom is 0.233 e. The monoisotopic (exact) mass is 201 g/mol. The molecular formula is C10H23N3O. The Morgan fingerprint density at radius 1 is 1.36 bits per heavy atom. The number of rotatable bonds is 5. The van der Waals surface area contributed by atoms with Gasteiger partial charge < -0.3 is 15.8 Å². The van der Waals surface area contributed by atoms with Gasteiger partial charge in [0.25, 0.3) is 0 Å². The third kappa shape index (κ3) is 3.85. The lowest BCUT2D eigenvalue weighted by Crippen LogP contribution is -2.46. The summed E-state index contributed by atoms with van der Waals surface area (Å²) in [5, 5.41) is 11.8. The van der Waals surface area contributed by atoms with Crippen molar-refractivity contribution in [2.45, 2.75) is 46.6 Å². The van der Waals surface area contributed by atoms with Gasteiger partial charge in [0.15, 0.2) is 0 Å². The summed E-state index contributed by atoms with van der Waals surface area (Å²) < 4.78 is 0. The van der Waals surface area contributed by atoms with Gasteiger partial charge >= 0.3 is 0 Å². The molecule has 4 nitrogen and oxygen atoms in total. The Morgan fingerprint density at radius 3 is 2.14 bits per heavy atom. The van der Waals surface area contributed by atoms with Crippen LogP contribution in [0.25, 0.3) is 0 Å². The van der Waals surface area contributed by atoms with Gasteiger partial charge in [-0.1, -0.05) is 32.9 Å². The van der Waals surface area contributed by atoms with Crippen molar-refractivity contribution in [3.05, 3.63) is 0 Å². The Morgan fingerprint density at radius 2 is 1.86 bits per heavy atom. The number of guanidine groups is 1. The SMILES string of the molecule is CCC(CC)N(CC(C)C)C(N)=NO. The van der Waals surface area contributed by atoms with Gasteiger partial charge in [-0.25, -0.2) is 0 Å². The number of nitrogens with two attached hydrogens (primary N) is 1. The number of nitrogens with zero attached hydrogens (tertiary/aromatic N) is 2. The highest BCUT2D eigenvalue weighted by Crippen LogP contribution is 2.10. The fraction of sp³-hybridized carbons (Fsp3) is 0.900. The number of hydrogen-bond acceptors (Lipinski definition) is 2. The molecule has 0 atom stereocenters. The zero-order valence-corrected chi connectivity index (χ0v) is 9.70. The fourth-order valence-electron chi connectivity index (χ4n) is 1.61. The van der Waals surface area contributed by atoms with Crippen LogP contribution in [0.15, 0.2) is 5.16 Å². The van der Waals surface area contributed by atoms with Gasteiger partial charge in [-0.3, -0.25) is 0 Å². The molecule has 0 saturated heterocycles. The minimum Gasteiger partial charge on any atom is -0.408 e. The molecule has 0 radical (unpaired) electrons. The molecule has 0 aromatic rings. The van der Waals surface area contributed by atoms with E-state index in [1.54, 1.807) is 0 Å². The lowest BCUT2D eigenvalue weighted by molar-refractivity contribution is 0.241. The van der Waals surface area contributed by atoms with Gasteiger partial charge in [0.05, 0.1) is 0 Å². The second kappa shape index (κ2) is 6.51. The van der Waals surface area contributed by atoms with E-state index in [1.165, 1.54) is 0 Å². The second-order valence-electron chi connectivity index (χ2n) is 3.97. The number of oxime groups is 1. The highest BCUT2D eigenvalue weighted by atomic mass is 16.4. The van der Waals surface area contributed by atoms with Crippen LogP contribution >= 0.6 is 0 Å². The predicted molar refractivity (Wildman–Crippen MR) is 59.3 cm³/mol. The van der Waals surface area contributed by atoms with Crippen LogP contribution in [-0.4, -0.2) is 28.7 Å². The Bertz CT molecular complexity index is 176. The van der Waals surface area contributed by atoms with Gasteiger partial charge in [0, 0.05) is 12.6 Å². The van der Waals surface area contributed by atoms with E-state index in [0.717, 1.165) is 19.4 Å². The summed E-state index contributed by atoms with van der Waals surface area (Å²) in [4.78, 5) is 1.98. The summed E-state index contributed by atoms with van der Waals surface area (Å²) in [5.41, 5.74) is 5.64. The van der Waals surface area contributed by atoms with Crippen LogP contribution in [0.3, 0.4) is 0 Å². The lowest BCUT2D eigenvalue weighted by Gasteiger charge is -2.32. The van der Waals surface area contributed by atoms with Crippen LogP contribution in [-0.2, 0) is 0 Å². The molecule has 0 rings (SSSR count). The summed E-state index contributed by atoms with van der Waals surface area (Å²) in [7, 11) is 0. The van der Waals surface area contributed by atoms with Crippen molar-refractivity contribution in [1.82, 2.24) is 4.90 Å². The Kier molecular flexibility index (Phi) is 6.08. The fourth-order valence-corrected chi connectivity index (χ4v) is 1.61. The number of hydrogen-bond donors (Lipinski definition) is 2. The van der Waals surface area contributed by atoms with Gasteiger partial charge in [-0.05, 0) is 18.8 Å². The van der Waals surface area contributed by atoms with Crippen LogP contribution in [0.4, 0.5) is 0 Å². The zero-order chi connectivity index (χ0) is 11.1. The highest BCUT2D eigenvalue weighted by Gasteiger charge is 2.18. The molecule has 0 aromatic heterocycles. The summed E-state index contributed by atoms with van der Waals surface area (Å²) in [5.74, 6) is 0.739. The Labute approximate surface area is 86.8 Å². The van der Waals surface area contributed by atoms with E-state index in [2.05, 4.69) is 32.9 Å². The first-order valence-corrected chi connectivity index (χ1v) is 5.30. The van der Waals surface area contributed by atoms with E-state index in [-0.39, 0.29) is 5.96 Å². The standard InChI is InChI=1S/C10H23N3O/c1-5-9(6-2)13(7-8(3)4)10(11)12-14/h8-9,14H,5-7H2,1-4H3,(H2,11,12). The molecule has 0 aliphatic heterocycles. The quantitative estimate of drug-likeness (QED) is 0.309. The van der Waals surface area contributed by atoms with Crippen LogP contribution in [0.2, 0.25) is 0 Å². The molecule has 84 valence electrons. The van der Waals surface area contributed by atoms with E-state index < -0.39 is 0 Å². The highest BCUT2D eigenvalue weighted by molar-refractivity contribution is 5.77. The molecular weight excluding hydrogens is 178 g/mol. The molecule has 0 fully saturated rings. The summed E-state index contributed by atoms with van der Waals surface area (Å²) in [6.45, 7) is 9.32. The molecule has 3 N–H and O–H groups in total.